The molecule has 15 heavy (non-hydrogen) atoms. The van der Waals surface area contributed by atoms with Crippen molar-refractivity contribution in [3.8, 4) is 0 Å². The number of rotatable bonds is 0. The molecule has 2 rings (SSSR count). The van der Waals surface area contributed by atoms with Gasteiger partial charge < -0.3 is 0 Å². The second-order valence-electron chi connectivity index (χ2n) is 2.71. The molecular weight excluding hydrogens is 194 g/mol. The SMILES string of the molecule is O=C1C=Cc2ccccc2C1=O.[N-]=[N+]=N. The van der Waals surface area contributed by atoms with Crippen LogP contribution in [0.1, 0.15) is 15.9 Å². The van der Waals surface area contributed by atoms with Crippen molar-refractivity contribution in [2.24, 2.45) is 0 Å². The van der Waals surface area contributed by atoms with Crippen LogP contribution in [0.4, 0.5) is 0 Å². The molecule has 0 atom stereocenters. The van der Waals surface area contributed by atoms with Gasteiger partial charge in [-0.15, -0.1) is 5.53 Å². The smallest absolute Gasteiger partial charge is 0.233 e. The molecule has 1 aromatic rings. The van der Waals surface area contributed by atoms with Crippen LogP contribution in [0.3, 0.4) is 0 Å². The van der Waals surface area contributed by atoms with Crippen molar-refractivity contribution in [1.29, 1.82) is 5.53 Å². The average Bonchev–Trinajstić information content (AvgIpc) is 2.25. The molecule has 1 aliphatic carbocycles. The van der Waals surface area contributed by atoms with Crippen molar-refractivity contribution in [1.82, 2.24) is 0 Å². The summed E-state index contributed by atoms with van der Waals surface area (Å²) < 4.78 is 0. The van der Waals surface area contributed by atoms with E-state index >= 15 is 0 Å². The van der Waals surface area contributed by atoms with Gasteiger partial charge in [-0.3, -0.25) is 9.59 Å². The predicted molar refractivity (Wildman–Crippen MR) is 54.3 cm³/mol. The number of carbonyl (C=O) groups excluding carboxylic acids is 2. The van der Waals surface area contributed by atoms with Crippen LogP contribution in [0.25, 0.3) is 16.5 Å². The van der Waals surface area contributed by atoms with Gasteiger partial charge in [0.1, 0.15) is 0 Å². The van der Waals surface area contributed by atoms with E-state index in [9.17, 15) is 9.59 Å². The third kappa shape index (κ3) is 2.30. The molecule has 5 heteroatoms. The summed E-state index contributed by atoms with van der Waals surface area (Å²) in [5.74, 6) is -0.846. The van der Waals surface area contributed by atoms with Gasteiger partial charge >= 0.3 is 0 Å². The average molecular weight is 201 g/mol. The highest BCUT2D eigenvalue weighted by molar-refractivity contribution is 6.49. The summed E-state index contributed by atoms with van der Waals surface area (Å²) in [5, 5.41) is 0. The first-order chi connectivity index (χ1) is 7.20. The number of nitrogens with one attached hydrogen (secondary N) is 1. The van der Waals surface area contributed by atoms with E-state index in [0.717, 1.165) is 5.56 Å². The second-order valence-corrected chi connectivity index (χ2v) is 2.71. The van der Waals surface area contributed by atoms with Crippen molar-refractivity contribution in [2.45, 2.75) is 0 Å². The van der Waals surface area contributed by atoms with Gasteiger partial charge in [0.05, 0.1) is 0 Å². The fraction of sp³-hybridized carbons (Fsp3) is 0. The molecular formula is C10H7N3O2. The number of fused-ring (bicyclic) bond motifs is 1. The highest BCUT2D eigenvalue weighted by Gasteiger charge is 2.19. The van der Waals surface area contributed by atoms with Crippen molar-refractivity contribution in [3.05, 3.63) is 51.9 Å². The zero-order valence-electron chi connectivity index (χ0n) is 7.68. The monoisotopic (exact) mass is 201 g/mol. The van der Waals surface area contributed by atoms with Gasteiger partial charge in [0.2, 0.25) is 11.6 Å². The molecule has 0 saturated heterocycles. The van der Waals surface area contributed by atoms with E-state index in [4.69, 9.17) is 11.1 Å². The Morgan fingerprint density at radius 3 is 2.40 bits per heavy atom. The molecule has 0 fully saturated rings. The van der Waals surface area contributed by atoms with Crippen LogP contribution in [0.5, 0.6) is 0 Å². The van der Waals surface area contributed by atoms with Crippen LogP contribution in [-0.2, 0) is 4.79 Å². The first kappa shape index (κ1) is 10.7. The Kier molecular flexibility index (Phi) is 3.38. The predicted octanol–water partition coefficient (Wildman–Crippen LogP) is 2.34. The lowest BCUT2D eigenvalue weighted by Gasteiger charge is -2.06. The minimum absolute atomic E-state index is 0.409. The third-order valence-corrected chi connectivity index (χ3v) is 1.84. The lowest BCUT2D eigenvalue weighted by atomic mass is 9.96. The molecule has 0 spiro atoms. The number of benzene rings is 1. The van der Waals surface area contributed by atoms with Gasteiger partial charge in [-0.25, -0.2) is 0 Å². The van der Waals surface area contributed by atoms with Crippen LogP contribution >= 0.6 is 0 Å². The topological polar surface area (TPSA) is 94.4 Å². The van der Waals surface area contributed by atoms with E-state index in [1.807, 2.05) is 12.1 Å². The molecule has 0 unspecified atom stereocenters. The van der Waals surface area contributed by atoms with Crippen LogP contribution in [0.15, 0.2) is 30.3 Å². The molecule has 1 aliphatic rings. The van der Waals surface area contributed by atoms with E-state index in [-0.39, 0.29) is 0 Å². The minimum atomic E-state index is -0.436. The van der Waals surface area contributed by atoms with Crippen LogP contribution in [0, 0.1) is 5.53 Å². The third-order valence-electron chi connectivity index (χ3n) is 1.84. The summed E-state index contributed by atoms with van der Waals surface area (Å²) in [5.41, 5.74) is 13.6. The molecule has 1 aromatic carbocycles. The fourth-order valence-corrected chi connectivity index (χ4v) is 1.22. The maximum atomic E-state index is 11.2. The van der Waals surface area contributed by atoms with E-state index in [1.54, 1.807) is 23.1 Å². The van der Waals surface area contributed by atoms with Crippen molar-refractivity contribution in [2.75, 3.05) is 0 Å². The maximum absolute atomic E-state index is 11.2. The molecule has 5 nitrogen and oxygen atoms in total. The van der Waals surface area contributed by atoms with Crippen LogP contribution < -0.4 is 0 Å². The van der Waals surface area contributed by atoms with Crippen molar-refractivity contribution >= 4 is 17.6 Å². The fourth-order valence-electron chi connectivity index (χ4n) is 1.22. The molecule has 0 aromatic heterocycles. The first-order valence-corrected chi connectivity index (χ1v) is 4.07. The Bertz CT molecular complexity index is 471. The number of carbonyl (C=O) groups is 2. The number of Topliss-reactive ketones (excluding diaryl/α,β-unsaturated/α-hetero) is 1. The van der Waals surface area contributed by atoms with Gasteiger partial charge in [-0.2, -0.15) is 0 Å². The Balaban J connectivity index is 0.000000337. The molecule has 0 saturated carbocycles. The summed E-state index contributed by atoms with van der Waals surface area (Å²) in [6, 6.07) is 7.07. The van der Waals surface area contributed by atoms with Crippen molar-refractivity contribution < 1.29 is 9.59 Å². The highest BCUT2D eigenvalue weighted by Crippen LogP contribution is 2.16. The Morgan fingerprint density at radius 1 is 1.13 bits per heavy atom. The Labute approximate surface area is 85.4 Å². The minimum Gasteiger partial charge on any atom is -0.286 e. The molecule has 0 heterocycles. The van der Waals surface area contributed by atoms with E-state index in [0.29, 0.717) is 5.56 Å². The van der Waals surface area contributed by atoms with E-state index in [1.165, 1.54) is 6.08 Å². The summed E-state index contributed by atoms with van der Waals surface area (Å²) >= 11 is 0. The number of hydrogen-bond donors (Lipinski definition) is 1. The highest BCUT2D eigenvalue weighted by atomic mass is 16.2. The van der Waals surface area contributed by atoms with E-state index < -0.39 is 11.6 Å². The summed E-state index contributed by atoms with van der Waals surface area (Å²) in [4.78, 5) is 23.9. The van der Waals surface area contributed by atoms with Crippen LogP contribution in [-0.4, -0.2) is 11.6 Å². The zero-order valence-corrected chi connectivity index (χ0v) is 7.68. The number of hydrogen-bond acceptors (Lipinski definition) is 3. The maximum Gasteiger partial charge on any atom is 0.233 e. The number of nitrogens with zero attached hydrogens (tertiary/aromatic N) is 2. The quantitative estimate of drug-likeness (QED) is 0.302. The summed E-state index contributed by atoms with van der Waals surface area (Å²) in [6.07, 6.45) is 2.98. The molecule has 0 aliphatic heterocycles. The molecule has 0 radical (unpaired) electrons. The van der Waals surface area contributed by atoms with Gasteiger partial charge in [0.25, 0.3) is 0 Å². The Hall–Kier alpha value is -2.39. The number of allylic oxidation sites excluding steroid dienone is 1. The largest absolute Gasteiger partial charge is 0.286 e. The zero-order chi connectivity index (χ0) is 11.3. The molecule has 0 bridgehead atoms. The van der Waals surface area contributed by atoms with Crippen molar-refractivity contribution in [3.63, 3.8) is 0 Å². The van der Waals surface area contributed by atoms with Gasteiger partial charge in [-0.1, -0.05) is 30.3 Å². The summed E-state index contributed by atoms with van der Waals surface area (Å²) in [6.45, 7) is 0. The van der Waals surface area contributed by atoms with Gasteiger partial charge in [0, 0.05) is 5.56 Å². The summed E-state index contributed by atoms with van der Waals surface area (Å²) in [7, 11) is 0. The molecule has 0 amide bonds. The lowest BCUT2D eigenvalue weighted by Crippen LogP contribution is -2.15. The Morgan fingerprint density at radius 2 is 1.73 bits per heavy atom. The van der Waals surface area contributed by atoms with E-state index in [2.05, 4.69) is 0 Å². The normalized spacial score (nSPS) is 12.3. The first-order valence-electron chi connectivity index (χ1n) is 4.07. The van der Waals surface area contributed by atoms with Crippen LogP contribution in [0.2, 0.25) is 0 Å². The number of ketones is 2. The second kappa shape index (κ2) is 4.74. The lowest BCUT2D eigenvalue weighted by molar-refractivity contribution is -0.110. The van der Waals surface area contributed by atoms with Gasteiger partial charge in [0.15, 0.2) is 0 Å². The standard InChI is InChI=1S/C10H6O2.HN3/c11-9-6-5-7-3-1-2-4-8(7)10(9)12;1-3-2/h1-6H;1H. The molecule has 74 valence electrons. The van der Waals surface area contributed by atoms with Gasteiger partial charge in [-0.05, 0) is 22.1 Å². The molecule has 1 N–H and O–H groups in total.